The van der Waals surface area contributed by atoms with Crippen LogP contribution in [0, 0.1) is 20.8 Å². The van der Waals surface area contributed by atoms with E-state index in [9.17, 15) is 4.79 Å². The Morgan fingerprint density at radius 3 is 2.75 bits per heavy atom. The molecule has 0 spiro atoms. The number of amides is 1. The average molecular weight is 341 g/mol. The van der Waals surface area contributed by atoms with Crippen LogP contribution in [-0.4, -0.2) is 33.6 Å². The van der Waals surface area contributed by atoms with Crippen LogP contribution >= 0.6 is 11.5 Å². The lowest BCUT2D eigenvalue weighted by atomic mass is 10.1. The van der Waals surface area contributed by atoms with Crippen LogP contribution in [0.4, 0.5) is 5.69 Å². The molecule has 2 heterocycles. The van der Waals surface area contributed by atoms with Gasteiger partial charge in [0, 0.05) is 29.9 Å². The quantitative estimate of drug-likeness (QED) is 0.698. The number of nitrogens with one attached hydrogen (secondary N) is 2. The zero-order valence-corrected chi connectivity index (χ0v) is 14.7. The van der Waals surface area contributed by atoms with Gasteiger partial charge in [0.25, 0.3) is 5.91 Å². The Morgan fingerprint density at radius 2 is 2.00 bits per heavy atom. The third kappa shape index (κ3) is 3.51. The molecule has 1 amide bonds. The van der Waals surface area contributed by atoms with Gasteiger partial charge in [-0.2, -0.15) is 0 Å². The van der Waals surface area contributed by atoms with Gasteiger partial charge in [0.15, 0.2) is 0 Å². The maximum atomic E-state index is 12.0. The summed E-state index contributed by atoms with van der Waals surface area (Å²) in [7, 11) is 0. The van der Waals surface area contributed by atoms with E-state index in [0.717, 1.165) is 33.8 Å². The first-order valence-electron chi connectivity index (χ1n) is 7.73. The van der Waals surface area contributed by atoms with Crippen LogP contribution in [0.2, 0.25) is 0 Å². The third-order valence-corrected chi connectivity index (χ3v) is 4.50. The van der Waals surface area contributed by atoms with E-state index in [1.807, 2.05) is 19.1 Å². The molecule has 2 N–H and O–H groups in total. The maximum absolute atomic E-state index is 12.0. The maximum Gasteiger partial charge on any atom is 0.265 e. The van der Waals surface area contributed by atoms with Crippen molar-refractivity contribution in [2.75, 3.05) is 18.4 Å². The van der Waals surface area contributed by atoms with E-state index in [2.05, 4.69) is 44.3 Å². The number of pyridine rings is 1. The summed E-state index contributed by atoms with van der Waals surface area (Å²) in [5.41, 5.74) is 4.82. The number of nitrogens with zero attached hydrogens (tertiary/aromatic N) is 3. The Labute approximate surface area is 144 Å². The molecule has 3 aromatic rings. The minimum absolute atomic E-state index is 0.129. The Morgan fingerprint density at radius 1 is 1.17 bits per heavy atom. The molecule has 0 atom stereocenters. The van der Waals surface area contributed by atoms with Gasteiger partial charge in [0.05, 0.1) is 11.2 Å². The van der Waals surface area contributed by atoms with E-state index in [1.165, 1.54) is 5.56 Å². The van der Waals surface area contributed by atoms with Crippen molar-refractivity contribution in [3.05, 3.63) is 46.1 Å². The van der Waals surface area contributed by atoms with Crippen molar-refractivity contribution in [1.82, 2.24) is 19.9 Å². The Bertz CT molecular complexity index is 890. The molecule has 0 radical (unpaired) electrons. The number of benzene rings is 1. The van der Waals surface area contributed by atoms with Crippen LogP contribution in [0.25, 0.3) is 10.9 Å². The number of carbonyl (C=O) groups excluding carboxylic acids is 1. The van der Waals surface area contributed by atoms with Crippen LogP contribution in [0.5, 0.6) is 0 Å². The highest BCUT2D eigenvalue weighted by Gasteiger charge is 2.12. The SMILES string of the molecule is Cc1ccc2nc(C)cc(NCCNC(=O)c3snnc3C)c2c1. The molecule has 1 aromatic carbocycles. The summed E-state index contributed by atoms with van der Waals surface area (Å²) in [6, 6.07) is 8.24. The zero-order chi connectivity index (χ0) is 17.1. The minimum Gasteiger partial charge on any atom is -0.383 e. The highest BCUT2D eigenvalue weighted by molar-refractivity contribution is 7.07. The van der Waals surface area contributed by atoms with E-state index >= 15 is 0 Å². The van der Waals surface area contributed by atoms with Crippen molar-refractivity contribution in [2.45, 2.75) is 20.8 Å². The van der Waals surface area contributed by atoms with Crippen LogP contribution in [0.3, 0.4) is 0 Å². The second-order valence-corrected chi connectivity index (χ2v) is 6.46. The molecule has 3 rings (SSSR count). The van der Waals surface area contributed by atoms with E-state index in [0.29, 0.717) is 23.7 Å². The lowest BCUT2D eigenvalue weighted by Crippen LogP contribution is -2.28. The predicted octanol–water partition coefficient (Wildman–Crippen LogP) is 2.85. The molecule has 24 heavy (non-hydrogen) atoms. The highest BCUT2D eigenvalue weighted by atomic mass is 32.1. The van der Waals surface area contributed by atoms with E-state index in [1.54, 1.807) is 6.92 Å². The summed E-state index contributed by atoms with van der Waals surface area (Å²) < 4.78 is 3.78. The number of carbonyl (C=O) groups is 1. The van der Waals surface area contributed by atoms with Crippen LogP contribution < -0.4 is 10.6 Å². The van der Waals surface area contributed by atoms with Gasteiger partial charge in [-0.15, -0.1) is 5.10 Å². The number of hydrogen-bond acceptors (Lipinski definition) is 6. The molecule has 0 bridgehead atoms. The van der Waals surface area contributed by atoms with Gasteiger partial charge in [0.1, 0.15) is 4.88 Å². The number of hydrogen-bond donors (Lipinski definition) is 2. The molecule has 0 aliphatic heterocycles. The lowest BCUT2D eigenvalue weighted by molar-refractivity contribution is 0.0958. The van der Waals surface area contributed by atoms with E-state index in [-0.39, 0.29) is 5.91 Å². The Balaban J connectivity index is 1.65. The smallest absolute Gasteiger partial charge is 0.265 e. The first-order chi connectivity index (χ1) is 11.5. The first kappa shape index (κ1) is 16.3. The van der Waals surface area contributed by atoms with E-state index in [4.69, 9.17) is 0 Å². The van der Waals surface area contributed by atoms with Crippen LogP contribution in [0.1, 0.15) is 26.6 Å². The fraction of sp³-hybridized carbons (Fsp3) is 0.294. The molecule has 0 saturated heterocycles. The topological polar surface area (TPSA) is 79.8 Å². The second-order valence-electron chi connectivity index (χ2n) is 5.70. The number of fused-ring (bicyclic) bond motifs is 1. The molecular weight excluding hydrogens is 322 g/mol. The van der Waals surface area contributed by atoms with Crippen molar-refractivity contribution in [2.24, 2.45) is 0 Å². The Kier molecular flexibility index (Phi) is 4.71. The first-order valence-corrected chi connectivity index (χ1v) is 8.51. The summed E-state index contributed by atoms with van der Waals surface area (Å²) in [4.78, 5) is 17.2. The summed E-state index contributed by atoms with van der Waals surface area (Å²) >= 11 is 1.12. The molecule has 7 heteroatoms. The monoisotopic (exact) mass is 341 g/mol. The van der Waals surface area contributed by atoms with Gasteiger partial charge in [0.2, 0.25) is 0 Å². The standard InChI is InChI=1S/C17H19N5OS/c1-10-4-5-14-13(8-10)15(9-11(2)20-14)18-6-7-19-17(23)16-12(3)21-22-24-16/h4-5,8-9H,6-7H2,1-3H3,(H,18,20)(H,19,23). The van der Waals surface area contributed by atoms with E-state index < -0.39 is 0 Å². The largest absolute Gasteiger partial charge is 0.383 e. The Hall–Kier alpha value is -2.54. The molecule has 0 unspecified atom stereocenters. The van der Waals surface area contributed by atoms with Gasteiger partial charge in [-0.05, 0) is 50.5 Å². The molecule has 2 aromatic heterocycles. The van der Waals surface area contributed by atoms with Crippen LogP contribution in [-0.2, 0) is 0 Å². The lowest BCUT2D eigenvalue weighted by Gasteiger charge is -2.12. The zero-order valence-electron chi connectivity index (χ0n) is 13.9. The number of aromatic nitrogens is 3. The molecule has 0 aliphatic rings. The molecule has 0 fully saturated rings. The van der Waals surface area contributed by atoms with Gasteiger partial charge in [-0.1, -0.05) is 16.1 Å². The van der Waals surface area contributed by atoms with Gasteiger partial charge in [-0.25, -0.2) is 0 Å². The minimum atomic E-state index is -0.129. The second kappa shape index (κ2) is 6.92. The molecule has 6 nitrogen and oxygen atoms in total. The predicted molar refractivity (Wildman–Crippen MR) is 96.7 cm³/mol. The van der Waals surface area contributed by atoms with Gasteiger partial charge < -0.3 is 10.6 Å². The van der Waals surface area contributed by atoms with Gasteiger partial charge >= 0.3 is 0 Å². The molecule has 124 valence electrons. The van der Waals surface area contributed by atoms with Crippen molar-refractivity contribution in [1.29, 1.82) is 0 Å². The van der Waals surface area contributed by atoms with Crippen molar-refractivity contribution in [3.8, 4) is 0 Å². The summed E-state index contributed by atoms with van der Waals surface area (Å²) in [5.74, 6) is -0.129. The highest BCUT2D eigenvalue weighted by Crippen LogP contribution is 2.24. The van der Waals surface area contributed by atoms with Crippen molar-refractivity contribution in [3.63, 3.8) is 0 Å². The van der Waals surface area contributed by atoms with Crippen molar-refractivity contribution < 1.29 is 4.79 Å². The summed E-state index contributed by atoms with van der Waals surface area (Å²) in [5, 5.41) is 11.2. The summed E-state index contributed by atoms with van der Waals surface area (Å²) in [6.45, 7) is 6.97. The summed E-state index contributed by atoms with van der Waals surface area (Å²) in [6.07, 6.45) is 0. The van der Waals surface area contributed by atoms with Gasteiger partial charge in [-0.3, -0.25) is 9.78 Å². The molecular formula is C17H19N5OS. The average Bonchev–Trinajstić information content (AvgIpc) is 2.98. The molecule has 0 aliphatic carbocycles. The number of rotatable bonds is 5. The fourth-order valence-electron chi connectivity index (χ4n) is 2.51. The van der Waals surface area contributed by atoms with Crippen molar-refractivity contribution >= 4 is 34.0 Å². The third-order valence-electron chi connectivity index (χ3n) is 3.68. The number of aryl methyl sites for hydroxylation is 3. The normalized spacial score (nSPS) is 10.8. The fourth-order valence-corrected chi connectivity index (χ4v) is 3.08. The number of anilines is 1. The molecule has 0 saturated carbocycles. The van der Waals surface area contributed by atoms with Crippen LogP contribution in [0.15, 0.2) is 24.3 Å².